The van der Waals surface area contributed by atoms with E-state index in [1.165, 1.54) is 25.3 Å². The third-order valence-corrected chi connectivity index (χ3v) is 2.31. The van der Waals surface area contributed by atoms with Crippen molar-refractivity contribution in [3.8, 4) is 11.5 Å². The van der Waals surface area contributed by atoms with Gasteiger partial charge in [0.15, 0.2) is 18.1 Å². The number of carbonyl (C=O) groups is 2. The molecular weight excluding hydrogens is 274 g/mol. The first-order valence-electron chi connectivity index (χ1n) is 5.13. The Bertz CT molecular complexity index is 527. The van der Waals surface area contributed by atoms with Gasteiger partial charge in [0.1, 0.15) is 0 Å². The summed E-state index contributed by atoms with van der Waals surface area (Å²) in [4.78, 5) is 21.1. The van der Waals surface area contributed by atoms with Crippen LogP contribution in [0.3, 0.4) is 0 Å². The SMILES string of the molecule is COc1cc(/C=C/C(=O)O)cc(Cl)c1OCC(N)=O. The van der Waals surface area contributed by atoms with Gasteiger partial charge in [0, 0.05) is 6.08 Å². The molecule has 7 heteroatoms. The summed E-state index contributed by atoms with van der Waals surface area (Å²) in [5.74, 6) is -1.27. The second-order valence-electron chi connectivity index (χ2n) is 3.46. The zero-order valence-electron chi connectivity index (χ0n) is 10.1. The Morgan fingerprint density at radius 1 is 1.47 bits per heavy atom. The van der Waals surface area contributed by atoms with Crippen molar-refractivity contribution in [3.63, 3.8) is 0 Å². The Morgan fingerprint density at radius 2 is 2.16 bits per heavy atom. The number of halogens is 1. The summed E-state index contributed by atoms with van der Waals surface area (Å²) in [5.41, 5.74) is 5.49. The van der Waals surface area contributed by atoms with Gasteiger partial charge < -0.3 is 20.3 Å². The van der Waals surface area contributed by atoms with E-state index in [0.717, 1.165) is 6.08 Å². The lowest BCUT2D eigenvalue weighted by Gasteiger charge is -2.12. The van der Waals surface area contributed by atoms with Gasteiger partial charge in [0.25, 0.3) is 5.91 Å². The number of rotatable bonds is 6. The van der Waals surface area contributed by atoms with Crippen LogP contribution in [-0.4, -0.2) is 30.7 Å². The van der Waals surface area contributed by atoms with Gasteiger partial charge in [-0.2, -0.15) is 0 Å². The molecule has 0 unspecified atom stereocenters. The molecule has 1 aromatic carbocycles. The number of methoxy groups -OCH3 is 1. The monoisotopic (exact) mass is 285 g/mol. The van der Waals surface area contributed by atoms with Crippen LogP contribution in [0.4, 0.5) is 0 Å². The first-order valence-corrected chi connectivity index (χ1v) is 5.51. The summed E-state index contributed by atoms with van der Waals surface area (Å²) >= 11 is 5.97. The molecule has 0 aliphatic carbocycles. The van der Waals surface area contributed by atoms with Crippen LogP contribution in [0.5, 0.6) is 11.5 Å². The number of carboxylic acid groups (broad SMARTS) is 1. The molecule has 0 radical (unpaired) electrons. The third-order valence-electron chi connectivity index (χ3n) is 2.03. The van der Waals surface area contributed by atoms with Crippen molar-refractivity contribution in [3.05, 3.63) is 28.8 Å². The lowest BCUT2D eigenvalue weighted by Crippen LogP contribution is -2.20. The van der Waals surface area contributed by atoms with E-state index in [9.17, 15) is 9.59 Å². The minimum absolute atomic E-state index is 0.176. The zero-order chi connectivity index (χ0) is 14.4. The number of ether oxygens (including phenoxy) is 2. The molecular formula is C12H12ClNO5. The molecule has 0 heterocycles. The number of hydrogen-bond donors (Lipinski definition) is 2. The molecule has 0 aliphatic heterocycles. The quantitative estimate of drug-likeness (QED) is 0.768. The Kier molecular flexibility index (Phi) is 5.20. The molecule has 0 saturated heterocycles. The number of benzene rings is 1. The molecule has 0 bridgehead atoms. The van der Waals surface area contributed by atoms with Crippen LogP contribution in [0.15, 0.2) is 18.2 Å². The van der Waals surface area contributed by atoms with Crippen molar-refractivity contribution < 1.29 is 24.2 Å². The lowest BCUT2D eigenvalue weighted by atomic mass is 10.2. The second-order valence-corrected chi connectivity index (χ2v) is 3.87. The van der Waals surface area contributed by atoms with E-state index in [2.05, 4.69) is 0 Å². The fourth-order valence-corrected chi connectivity index (χ4v) is 1.56. The molecule has 1 rings (SSSR count). The fourth-order valence-electron chi connectivity index (χ4n) is 1.29. The maximum absolute atomic E-state index is 10.7. The Hall–Kier alpha value is -2.21. The molecule has 3 N–H and O–H groups in total. The summed E-state index contributed by atoms with van der Waals surface area (Å²) < 4.78 is 10.2. The van der Waals surface area contributed by atoms with E-state index in [4.69, 9.17) is 31.9 Å². The van der Waals surface area contributed by atoms with Crippen LogP contribution in [0.25, 0.3) is 6.08 Å². The number of amides is 1. The zero-order valence-corrected chi connectivity index (χ0v) is 10.8. The summed E-state index contributed by atoms with van der Waals surface area (Å²) in [7, 11) is 1.40. The predicted molar refractivity (Wildman–Crippen MR) is 69.4 cm³/mol. The first kappa shape index (κ1) is 14.8. The van der Waals surface area contributed by atoms with Crippen LogP contribution in [0.1, 0.15) is 5.56 Å². The molecule has 6 nitrogen and oxygen atoms in total. The number of hydrogen-bond acceptors (Lipinski definition) is 4. The van der Waals surface area contributed by atoms with Crippen molar-refractivity contribution >= 4 is 29.6 Å². The van der Waals surface area contributed by atoms with Gasteiger partial charge in [-0.1, -0.05) is 11.6 Å². The molecule has 1 amide bonds. The van der Waals surface area contributed by atoms with Crippen molar-refractivity contribution in [2.75, 3.05) is 13.7 Å². The van der Waals surface area contributed by atoms with Crippen molar-refractivity contribution in [2.45, 2.75) is 0 Å². The minimum atomic E-state index is -1.08. The second kappa shape index (κ2) is 6.65. The largest absolute Gasteiger partial charge is 0.493 e. The topological polar surface area (TPSA) is 98.8 Å². The van der Waals surface area contributed by atoms with Crippen LogP contribution < -0.4 is 15.2 Å². The van der Waals surface area contributed by atoms with Crippen molar-refractivity contribution in [1.82, 2.24) is 0 Å². The van der Waals surface area contributed by atoms with E-state index in [1.807, 2.05) is 0 Å². The summed E-state index contributed by atoms with van der Waals surface area (Å²) in [5, 5.41) is 8.73. The molecule has 1 aromatic rings. The highest BCUT2D eigenvalue weighted by Crippen LogP contribution is 2.36. The van der Waals surface area contributed by atoms with Gasteiger partial charge in [-0.3, -0.25) is 4.79 Å². The van der Waals surface area contributed by atoms with E-state index in [0.29, 0.717) is 5.56 Å². The van der Waals surface area contributed by atoms with E-state index < -0.39 is 11.9 Å². The maximum Gasteiger partial charge on any atom is 0.328 e. The molecule has 0 aliphatic rings. The Labute approximate surface area is 114 Å². The van der Waals surface area contributed by atoms with Gasteiger partial charge in [-0.15, -0.1) is 0 Å². The smallest absolute Gasteiger partial charge is 0.328 e. The highest BCUT2D eigenvalue weighted by molar-refractivity contribution is 6.32. The lowest BCUT2D eigenvalue weighted by molar-refractivity contribution is -0.131. The normalized spacial score (nSPS) is 10.4. The Balaban J connectivity index is 3.07. The van der Waals surface area contributed by atoms with Gasteiger partial charge in [0.2, 0.25) is 0 Å². The third kappa shape index (κ3) is 4.51. The van der Waals surface area contributed by atoms with Crippen molar-refractivity contribution in [1.29, 1.82) is 0 Å². The van der Waals surface area contributed by atoms with Crippen LogP contribution in [0, 0.1) is 0 Å². The highest BCUT2D eigenvalue weighted by Gasteiger charge is 2.12. The number of carboxylic acids is 1. The predicted octanol–water partition coefficient (Wildman–Crippen LogP) is 1.31. The molecule has 0 spiro atoms. The maximum atomic E-state index is 10.7. The number of aliphatic carboxylic acids is 1. The van der Waals surface area contributed by atoms with Crippen LogP contribution in [-0.2, 0) is 9.59 Å². The molecule has 0 aromatic heterocycles. The average molecular weight is 286 g/mol. The standard InChI is InChI=1S/C12H12ClNO5/c1-18-9-5-7(2-3-11(16)17)4-8(13)12(9)19-6-10(14)15/h2-5H,6H2,1H3,(H2,14,15)(H,16,17)/b3-2+. The van der Waals surface area contributed by atoms with Crippen LogP contribution >= 0.6 is 11.6 Å². The molecule has 0 atom stereocenters. The number of nitrogens with two attached hydrogens (primary N) is 1. The Morgan fingerprint density at radius 3 is 2.68 bits per heavy atom. The molecule has 19 heavy (non-hydrogen) atoms. The molecule has 102 valence electrons. The molecule has 0 saturated carbocycles. The summed E-state index contributed by atoms with van der Waals surface area (Å²) in [6.07, 6.45) is 2.32. The number of primary amides is 1. The first-order chi connectivity index (χ1) is 8.93. The van der Waals surface area contributed by atoms with E-state index in [1.54, 1.807) is 0 Å². The highest BCUT2D eigenvalue weighted by atomic mass is 35.5. The van der Waals surface area contributed by atoms with E-state index in [-0.39, 0.29) is 23.1 Å². The molecule has 0 fully saturated rings. The average Bonchev–Trinajstić information content (AvgIpc) is 2.34. The van der Waals surface area contributed by atoms with Crippen molar-refractivity contribution in [2.24, 2.45) is 5.73 Å². The number of carbonyl (C=O) groups excluding carboxylic acids is 1. The minimum Gasteiger partial charge on any atom is -0.493 e. The van der Waals surface area contributed by atoms with Gasteiger partial charge >= 0.3 is 5.97 Å². The van der Waals surface area contributed by atoms with Gasteiger partial charge in [-0.05, 0) is 23.8 Å². The van der Waals surface area contributed by atoms with Crippen LogP contribution in [0.2, 0.25) is 5.02 Å². The van der Waals surface area contributed by atoms with E-state index >= 15 is 0 Å². The summed E-state index contributed by atoms with van der Waals surface area (Å²) in [6.45, 7) is -0.333. The van der Waals surface area contributed by atoms with Gasteiger partial charge in [-0.25, -0.2) is 4.79 Å². The fraction of sp³-hybridized carbons (Fsp3) is 0.167. The van der Waals surface area contributed by atoms with Gasteiger partial charge in [0.05, 0.1) is 12.1 Å². The summed E-state index contributed by atoms with van der Waals surface area (Å²) in [6, 6.07) is 3.02.